The number of piperidine rings is 1. The van der Waals surface area contributed by atoms with E-state index in [2.05, 4.69) is 17.0 Å². The first-order chi connectivity index (χ1) is 15.3. The first kappa shape index (κ1) is 22.5. The molecule has 8 heteroatoms. The van der Waals surface area contributed by atoms with Crippen LogP contribution in [0.5, 0.6) is 0 Å². The molecule has 0 spiro atoms. The minimum Gasteiger partial charge on any atom is -0.305 e. The number of terminal acetylenes is 1. The van der Waals surface area contributed by atoms with Gasteiger partial charge in [-0.25, -0.2) is 8.42 Å². The van der Waals surface area contributed by atoms with E-state index >= 15 is 0 Å². The van der Waals surface area contributed by atoms with Crippen LogP contribution in [-0.4, -0.2) is 36.3 Å². The number of fused-ring (bicyclic) bond motifs is 1. The van der Waals surface area contributed by atoms with Gasteiger partial charge < -0.3 is 4.57 Å². The summed E-state index contributed by atoms with van der Waals surface area (Å²) in [5.74, 6) is 2.20. The van der Waals surface area contributed by atoms with Gasteiger partial charge in [-0.05, 0) is 68.1 Å². The van der Waals surface area contributed by atoms with Crippen LogP contribution in [0.1, 0.15) is 40.7 Å². The van der Waals surface area contributed by atoms with Crippen molar-refractivity contribution in [1.29, 1.82) is 0 Å². The van der Waals surface area contributed by atoms with E-state index < -0.39 is 15.9 Å². The fourth-order valence-corrected chi connectivity index (χ4v) is 6.61. The number of nitrogens with zero attached hydrogens (tertiary/aromatic N) is 3. The van der Waals surface area contributed by atoms with Crippen LogP contribution in [0.4, 0.5) is 0 Å². The molecule has 2 heterocycles. The molecule has 1 aliphatic heterocycles. The number of benzene rings is 2. The Hall–Kier alpha value is -2.73. The molecule has 1 saturated heterocycles. The lowest BCUT2D eigenvalue weighted by molar-refractivity contribution is 0.0998. The summed E-state index contributed by atoms with van der Waals surface area (Å²) in [6, 6.07) is 10.2. The number of carbonyl (C=O) groups is 1. The van der Waals surface area contributed by atoms with Crippen LogP contribution in [-0.2, 0) is 16.6 Å². The van der Waals surface area contributed by atoms with Crippen molar-refractivity contribution in [1.82, 2.24) is 8.87 Å². The molecule has 1 aromatic heterocycles. The van der Waals surface area contributed by atoms with Gasteiger partial charge in [0.05, 0.1) is 21.7 Å². The molecule has 3 aromatic rings. The molecule has 1 fully saturated rings. The molecule has 0 unspecified atom stereocenters. The van der Waals surface area contributed by atoms with Gasteiger partial charge in [-0.2, -0.15) is 9.30 Å². The van der Waals surface area contributed by atoms with E-state index in [1.165, 1.54) is 39.9 Å². The fourth-order valence-electron chi connectivity index (χ4n) is 4.02. The summed E-state index contributed by atoms with van der Waals surface area (Å²) in [5, 5.41) is 0. The van der Waals surface area contributed by atoms with E-state index in [0.29, 0.717) is 30.0 Å². The van der Waals surface area contributed by atoms with Crippen molar-refractivity contribution in [2.24, 2.45) is 4.99 Å². The average Bonchev–Trinajstić information content (AvgIpc) is 3.12. The van der Waals surface area contributed by atoms with Gasteiger partial charge in [-0.1, -0.05) is 29.7 Å². The van der Waals surface area contributed by atoms with Crippen molar-refractivity contribution < 1.29 is 13.2 Å². The molecule has 0 radical (unpaired) electrons. The molecule has 0 atom stereocenters. The molecule has 32 heavy (non-hydrogen) atoms. The molecule has 1 amide bonds. The third-order valence-corrected chi connectivity index (χ3v) is 8.76. The first-order valence-electron chi connectivity index (χ1n) is 10.5. The largest absolute Gasteiger partial charge is 0.305 e. The lowest BCUT2D eigenvalue weighted by atomic mass is 10.1. The van der Waals surface area contributed by atoms with E-state index in [0.717, 1.165) is 40.6 Å². The Morgan fingerprint density at radius 3 is 2.47 bits per heavy atom. The Bertz CT molecular complexity index is 1390. The summed E-state index contributed by atoms with van der Waals surface area (Å²) < 4.78 is 30.1. The summed E-state index contributed by atoms with van der Waals surface area (Å²) in [7, 11) is -3.54. The molecule has 6 nitrogen and oxygen atoms in total. The van der Waals surface area contributed by atoms with Crippen molar-refractivity contribution >= 4 is 37.5 Å². The Kier molecular flexibility index (Phi) is 6.33. The third-order valence-electron chi connectivity index (χ3n) is 5.62. The van der Waals surface area contributed by atoms with Crippen LogP contribution in [0, 0.1) is 26.2 Å². The number of aryl methyl sites for hydroxylation is 2. The van der Waals surface area contributed by atoms with Crippen LogP contribution in [0.3, 0.4) is 0 Å². The zero-order valence-corrected chi connectivity index (χ0v) is 19.8. The maximum absolute atomic E-state index is 12.9. The highest BCUT2D eigenvalue weighted by Crippen LogP contribution is 2.24. The van der Waals surface area contributed by atoms with Gasteiger partial charge in [0.15, 0.2) is 4.80 Å². The molecular weight excluding hydrogens is 442 g/mol. The second-order valence-corrected chi connectivity index (χ2v) is 10.9. The smallest absolute Gasteiger partial charge is 0.279 e. The van der Waals surface area contributed by atoms with E-state index in [-0.39, 0.29) is 4.90 Å². The number of thiazole rings is 1. The van der Waals surface area contributed by atoms with Gasteiger partial charge in [-0.15, -0.1) is 6.42 Å². The standard InChI is InChI=1S/C24H25N3O3S2/c1-4-12-27-21-16-17(2)15-18(3)22(21)31-24(27)25-23(28)19-8-10-20(11-9-19)32(29,30)26-13-6-5-7-14-26/h1,8-11,15-16H,5-7,12-14H2,2-3H3. The van der Waals surface area contributed by atoms with Crippen molar-refractivity contribution in [3.05, 3.63) is 57.9 Å². The van der Waals surface area contributed by atoms with Gasteiger partial charge in [0.1, 0.15) is 0 Å². The summed E-state index contributed by atoms with van der Waals surface area (Å²) in [6.45, 7) is 5.43. The maximum Gasteiger partial charge on any atom is 0.279 e. The molecular formula is C24H25N3O3S2. The fraction of sp³-hybridized carbons (Fsp3) is 0.333. The second kappa shape index (κ2) is 9.02. The quantitative estimate of drug-likeness (QED) is 0.547. The number of hydrogen-bond acceptors (Lipinski definition) is 4. The van der Waals surface area contributed by atoms with E-state index in [1.807, 2.05) is 24.5 Å². The Labute approximate surface area is 192 Å². The first-order valence-corrected chi connectivity index (χ1v) is 12.8. The predicted octanol–water partition coefficient (Wildman–Crippen LogP) is 3.87. The monoisotopic (exact) mass is 467 g/mol. The Morgan fingerprint density at radius 2 is 1.81 bits per heavy atom. The van der Waals surface area contributed by atoms with Crippen LogP contribution in [0.25, 0.3) is 10.2 Å². The van der Waals surface area contributed by atoms with Crippen LogP contribution >= 0.6 is 11.3 Å². The molecule has 1 aliphatic rings. The van der Waals surface area contributed by atoms with Crippen LogP contribution < -0.4 is 4.80 Å². The van der Waals surface area contributed by atoms with E-state index in [9.17, 15) is 13.2 Å². The lowest BCUT2D eigenvalue weighted by Gasteiger charge is -2.25. The summed E-state index contributed by atoms with van der Waals surface area (Å²) >= 11 is 1.43. The molecule has 0 aliphatic carbocycles. The highest BCUT2D eigenvalue weighted by atomic mass is 32.2. The number of amides is 1. The highest BCUT2D eigenvalue weighted by Gasteiger charge is 2.26. The number of aromatic nitrogens is 1. The topological polar surface area (TPSA) is 71.7 Å². The zero-order valence-electron chi connectivity index (χ0n) is 18.2. The predicted molar refractivity (Wildman–Crippen MR) is 127 cm³/mol. The third kappa shape index (κ3) is 4.29. The molecule has 2 aromatic carbocycles. The van der Waals surface area contributed by atoms with Gasteiger partial charge in [0.2, 0.25) is 10.0 Å². The van der Waals surface area contributed by atoms with Crippen molar-refractivity contribution in [2.45, 2.75) is 44.6 Å². The van der Waals surface area contributed by atoms with Crippen LogP contribution in [0.2, 0.25) is 0 Å². The average molecular weight is 468 g/mol. The molecule has 4 rings (SSSR count). The number of sulfonamides is 1. The SMILES string of the molecule is C#CCn1c(=NC(=O)c2ccc(S(=O)(=O)N3CCCCC3)cc2)sc2c(C)cc(C)cc21. The minimum atomic E-state index is -3.54. The van der Waals surface area contributed by atoms with Crippen molar-refractivity contribution in [3.63, 3.8) is 0 Å². The van der Waals surface area contributed by atoms with E-state index in [1.54, 1.807) is 0 Å². The summed E-state index contributed by atoms with van der Waals surface area (Å²) in [6.07, 6.45) is 8.37. The lowest BCUT2D eigenvalue weighted by Crippen LogP contribution is -2.35. The maximum atomic E-state index is 12.9. The minimum absolute atomic E-state index is 0.200. The number of hydrogen-bond donors (Lipinski definition) is 0. The van der Waals surface area contributed by atoms with Gasteiger partial charge in [-0.3, -0.25) is 4.79 Å². The highest BCUT2D eigenvalue weighted by molar-refractivity contribution is 7.89. The summed E-state index contributed by atoms with van der Waals surface area (Å²) in [5.41, 5.74) is 3.51. The van der Waals surface area contributed by atoms with Gasteiger partial charge in [0.25, 0.3) is 5.91 Å². The van der Waals surface area contributed by atoms with Crippen molar-refractivity contribution in [3.8, 4) is 12.3 Å². The number of carbonyl (C=O) groups excluding carboxylic acids is 1. The molecule has 0 bridgehead atoms. The second-order valence-electron chi connectivity index (χ2n) is 8.01. The van der Waals surface area contributed by atoms with Crippen molar-refractivity contribution in [2.75, 3.05) is 13.1 Å². The number of rotatable bonds is 4. The molecule has 0 N–H and O–H groups in total. The molecule has 166 valence electrons. The van der Waals surface area contributed by atoms with Crippen LogP contribution in [0.15, 0.2) is 46.3 Å². The normalized spacial score (nSPS) is 15.7. The molecule has 0 saturated carbocycles. The van der Waals surface area contributed by atoms with Gasteiger partial charge >= 0.3 is 0 Å². The Balaban J connectivity index is 1.68. The Morgan fingerprint density at radius 1 is 1.12 bits per heavy atom. The zero-order chi connectivity index (χ0) is 22.9. The van der Waals surface area contributed by atoms with Gasteiger partial charge in [0, 0.05) is 18.7 Å². The summed E-state index contributed by atoms with van der Waals surface area (Å²) in [4.78, 5) is 17.9. The van der Waals surface area contributed by atoms with E-state index in [4.69, 9.17) is 6.42 Å².